The maximum absolute atomic E-state index is 5.61. The lowest BCUT2D eigenvalue weighted by Crippen LogP contribution is -2.44. The van der Waals surface area contributed by atoms with Gasteiger partial charge < -0.3 is 14.4 Å². The molecule has 0 radical (unpaired) electrons. The van der Waals surface area contributed by atoms with Crippen LogP contribution in [0.15, 0.2) is 30.6 Å². The maximum atomic E-state index is 5.61. The maximum Gasteiger partial charge on any atom is 0.179 e. The third kappa shape index (κ3) is 2.90. The van der Waals surface area contributed by atoms with Crippen molar-refractivity contribution in [3.8, 4) is 11.5 Å². The molecule has 8 heteroatoms. The fraction of sp³-hybridized carbons (Fsp3) is 0.421. The van der Waals surface area contributed by atoms with Crippen molar-refractivity contribution >= 4 is 16.9 Å². The zero-order valence-electron chi connectivity index (χ0n) is 15.3. The minimum Gasteiger partial charge on any atom is -0.377 e. The van der Waals surface area contributed by atoms with Crippen LogP contribution in [0.5, 0.6) is 0 Å². The Morgan fingerprint density at radius 2 is 2.22 bits per heavy atom. The zero-order chi connectivity index (χ0) is 18.2. The quantitative estimate of drug-likeness (QED) is 0.765. The first kappa shape index (κ1) is 16.5. The first-order valence-corrected chi connectivity index (χ1v) is 9.31. The van der Waals surface area contributed by atoms with Gasteiger partial charge in [0.15, 0.2) is 11.6 Å². The van der Waals surface area contributed by atoms with Gasteiger partial charge in [-0.25, -0.2) is 9.50 Å². The van der Waals surface area contributed by atoms with Gasteiger partial charge in [0.05, 0.1) is 44.2 Å². The lowest BCUT2D eigenvalue weighted by Gasteiger charge is -2.34. The Hall–Kier alpha value is -2.71. The van der Waals surface area contributed by atoms with E-state index in [2.05, 4.69) is 39.1 Å². The van der Waals surface area contributed by atoms with Crippen molar-refractivity contribution in [2.45, 2.75) is 19.4 Å². The van der Waals surface area contributed by atoms with E-state index in [-0.39, 0.29) is 6.04 Å². The molecule has 3 aromatic rings. The lowest BCUT2D eigenvalue weighted by atomic mass is 10.0. The zero-order valence-corrected chi connectivity index (χ0v) is 15.3. The van der Waals surface area contributed by atoms with Crippen LogP contribution in [0, 0.1) is 0 Å². The van der Waals surface area contributed by atoms with Crippen molar-refractivity contribution in [1.82, 2.24) is 24.8 Å². The Morgan fingerprint density at radius 1 is 1.26 bits per heavy atom. The van der Waals surface area contributed by atoms with Crippen molar-refractivity contribution in [3.05, 3.63) is 36.2 Å². The number of aromatic nitrogens is 5. The van der Waals surface area contributed by atoms with Crippen LogP contribution in [-0.4, -0.2) is 63.8 Å². The van der Waals surface area contributed by atoms with Crippen LogP contribution in [0.25, 0.3) is 22.6 Å². The molecule has 2 aliphatic rings. The number of hydrogen-bond acceptors (Lipinski definition) is 6. The monoisotopic (exact) mass is 366 g/mol. The average molecular weight is 366 g/mol. The molecule has 0 unspecified atom stereocenters. The summed E-state index contributed by atoms with van der Waals surface area (Å²) in [4.78, 5) is 6.93. The Morgan fingerprint density at radius 3 is 3.00 bits per heavy atom. The molecule has 27 heavy (non-hydrogen) atoms. The Balaban J connectivity index is 1.70. The summed E-state index contributed by atoms with van der Waals surface area (Å²) < 4.78 is 13.0. The molecular formula is C19H22N6O2. The number of anilines is 1. The minimum absolute atomic E-state index is 0.277. The SMILES string of the molecule is C[C@@H]1COCCN1c1cc(C2=CCOCC2)c2cnc(-c3ccn[nH]3)n2n1. The highest BCUT2D eigenvalue weighted by Crippen LogP contribution is 2.31. The predicted molar refractivity (Wildman–Crippen MR) is 102 cm³/mol. The van der Waals surface area contributed by atoms with Gasteiger partial charge in [-0.3, -0.25) is 5.10 Å². The number of nitrogens with one attached hydrogen (secondary N) is 1. The first-order valence-electron chi connectivity index (χ1n) is 9.31. The molecule has 3 aromatic heterocycles. The number of fused-ring (bicyclic) bond motifs is 1. The average Bonchev–Trinajstić information content (AvgIpc) is 3.38. The van der Waals surface area contributed by atoms with Gasteiger partial charge in [-0.1, -0.05) is 6.08 Å². The summed E-state index contributed by atoms with van der Waals surface area (Å²) >= 11 is 0. The van der Waals surface area contributed by atoms with Crippen LogP contribution in [0.1, 0.15) is 18.9 Å². The highest BCUT2D eigenvalue weighted by molar-refractivity contribution is 5.81. The van der Waals surface area contributed by atoms with E-state index in [9.17, 15) is 0 Å². The number of imidazole rings is 1. The van der Waals surface area contributed by atoms with Crippen molar-refractivity contribution in [3.63, 3.8) is 0 Å². The van der Waals surface area contributed by atoms with E-state index in [1.807, 2.05) is 16.8 Å². The Labute approximate surface area is 156 Å². The normalized spacial score (nSPS) is 20.9. The second kappa shape index (κ2) is 6.79. The third-order valence-electron chi connectivity index (χ3n) is 5.20. The molecule has 5 rings (SSSR count). The molecule has 5 heterocycles. The van der Waals surface area contributed by atoms with Crippen LogP contribution in [0.2, 0.25) is 0 Å². The number of H-pyrrole nitrogens is 1. The van der Waals surface area contributed by atoms with Gasteiger partial charge in [0.2, 0.25) is 0 Å². The molecule has 1 atom stereocenters. The highest BCUT2D eigenvalue weighted by Gasteiger charge is 2.24. The van der Waals surface area contributed by atoms with Gasteiger partial charge in [0, 0.05) is 18.3 Å². The second-order valence-electron chi connectivity index (χ2n) is 6.94. The van der Waals surface area contributed by atoms with E-state index in [1.54, 1.807) is 6.20 Å². The van der Waals surface area contributed by atoms with Crippen molar-refractivity contribution in [2.24, 2.45) is 0 Å². The summed E-state index contributed by atoms with van der Waals surface area (Å²) in [6.45, 7) is 5.81. The molecule has 0 aliphatic carbocycles. The van der Waals surface area contributed by atoms with Crippen molar-refractivity contribution in [2.75, 3.05) is 37.9 Å². The number of ether oxygens (including phenoxy) is 2. The van der Waals surface area contributed by atoms with E-state index in [0.717, 1.165) is 42.4 Å². The first-order chi connectivity index (χ1) is 13.3. The van der Waals surface area contributed by atoms with Gasteiger partial charge in [-0.05, 0) is 31.1 Å². The summed E-state index contributed by atoms with van der Waals surface area (Å²) in [6.07, 6.45) is 6.67. The van der Waals surface area contributed by atoms with Gasteiger partial charge in [-0.15, -0.1) is 5.10 Å². The van der Waals surface area contributed by atoms with Crippen LogP contribution < -0.4 is 4.90 Å². The topological polar surface area (TPSA) is 80.6 Å². The molecule has 0 aromatic carbocycles. The Kier molecular flexibility index (Phi) is 4.14. The molecule has 1 N–H and O–H groups in total. The standard InChI is InChI=1S/C19H22N6O2/c1-13-12-27-9-6-24(13)18-10-15(14-3-7-26-8-4-14)17-11-20-19(25(17)23-18)16-2-5-21-22-16/h2-3,5,10-11,13H,4,6-9,12H2,1H3,(H,21,22)/t13-/m1/s1. The minimum atomic E-state index is 0.277. The predicted octanol–water partition coefficient (Wildman–Crippen LogP) is 2.15. The Bertz CT molecular complexity index is 978. The molecule has 1 fully saturated rings. The summed E-state index contributed by atoms with van der Waals surface area (Å²) in [5, 5.41) is 12.0. The number of nitrogens with zero attached hydrogens (tertiary/aromatic N) is 5. The van der Waals surface area contributed by atoms with Gasteiger partial charge in [-0.2, -0.15) is 5.10 Å². The third-order valence-corrected chi connectivity index (χ3v) is 5.20. The van der Waals surface area contributed by atoms with Crippen molar-refractivity contribution in [1.29, 1.82) is 0 Å². The molecule has 0 spiro atoms. The van der Waals surface area contributed by atoms with Crippen molar-refractivity contribution < 1.29 is 9.47 Å². The van der Waals surface area contributed by atoms with Crippen LogP contribution in [0.3, 0.4) is 0 Å². The van der Waals surface area contributed by atoms with Crippen LogP contribution in [-0.2, 0) is 9.47 Å². The summed E-state index contributed by atoms with van der Waals surface area (Å²) in [5.74, 6) is 1.71. The second-order valence-corrected chi connectivity index (χ2v) is 6.94. The van der Waals surface area contributed by atoms with E-state index in [1.165, 1.54) is 11.1 Å². The molecule has 0 bridgehead atoms. The molecule has 2 aliphatic heterocycles. The number of aromatic amines is 1. The van der Waals surface area contributed by atoms with Gasteiger partial charge >= 0.3 is 0 Å². The molecule has 140 valence electrons. The lowest BCUT2D eigenvalue weighted by molar-refractivity contribution is 0.0984. The van der Waals surface area contributed by atoms with Gasteiger partial charge in [0.1, 0.15) is 5.69 Å². The van der Waals surface area contributed by atoms with E-state index < -0.39 is 0 Å². The molecular weight excluding hydrogens is 344 g/mol. The molecule has 1 saturated heterocycles. The number of rotatable bonds is 3. The summed E-state index contributed by atoms with van der Waals surface area (Å²) in [6, 6.07) is 4.37. The highest BCUT2D eigenvalue weighted by atomic mass is 16.5. The molecule has 8 nitrogen and oxygen atoms in total. The summed E-state index contributed by atoms with van der Waals surface area (Å²) in [5.41, 5.74) is 4.30. The van der Waals surface area contributed by atoms with Gasteiger partial charge in [0.25, 0.3) is 0 Å². The largest absolute Gasteiger partial charge is 0.377 e. The molecule has 0 saturated carbocycles. The summed E-state index contributed by atoms with van der Waals surface area (Å²) in [7, 11) is 0. The fourth-order valence-electron chi connectivity index (χ4n) is 3.77. The molecule has 0 amide bonds. The number of hydrogen-bond donors (Lipinski definition) is 1. The van der Waals surface area contributed by atoms with Crippen LogP contribution >= 0.6 is 0 Å². The smallest absolute Gasteiger partial charge is 0.179 e. The van der Waals surface area contributed by atoms with Crippen LogP contribution in [0.4, 0.5) is 5.82 Å². The number of morpholine rings is 1. The van der Waals surface area contributed by atoms with E-state index >= 15 is 0 Å². The van der Waals surface area contributed by atoms with E-state index in [4.69, 9.17) is 14.6 Å². The fourth-order valence-corrected chi connectivity index (χ4v) is 3.77. The van der Waals surface area contributed by atoms with E-state index in [0.29, 0.717) is 19.8 Å².